The van der Waals surface area contributed by atoms with Crippen LogP contribution < -0.4 is 0 Å². The number of methoxy groups -OCH3 is 1. The highest BCUT2D eigenvalue weighted by atomic mass is 19.4. The molecule has 0 fully saturated rings. The number of alkyl halides is 6. The molecule has 120 valence electrons. The van der Waals surface area contributed by atoms with Crippen molar-refractivity contribution in [1.82, 2.24) is 4.90 Å². The summed E-state index contributed by atoms with van der Waals surface area (Å²) < 4.78 is 80.0. The van der Waals surface area contributed by atoms with Crippen molar-refractivity contribution in [2.24, 2.45) is 0 Å². The van der Waals surface area contributed by atoms with Gasteiger partial charge in [0.05, 0.1) is 6.61 Å². The predicted octanol–water partition coefficient (Wildman–Crippen LogP) is 2.37. The summed E-state index contributed by atoms with van der Waals surface area (Å²) in [6.45, 7) is 1.43. The van der Waals surface area contributed by atoms with E-state index in [1.165, 1.54) is 13.2 Å². The maximum absolute atomic E-state index is 12.6. The van der Waals surface area contributed by atoms with Crippen LogP contribution in [0.25, 0.3) is 0 Å². The Kier molecular flexibility index (Phi) is 6.99. The molecule has 0 rings (SSSR count). The molecule has 0 radical (unpaired) electrons. The molecule has 0 aliphatic carbocycles. The van der Waals surface area contributed by atoms with Crippen molar-refractivity contribution in [2.75, 3.05) is 33.4 Å². The molecule has 0 saturated carbocycles. The SMILES string of the molecule is C=CCCN(CCOC)CC(O)(C(F)(F)F)C(F)(F)F. The van der Waals surface area contributed by atoms with Crippen LogP contribution in [0.15, 0.2) is 12.7 Å². The zero-order chi connectivity index (χ0) is 16.0. The van der Waals surface area contributed by atoms with E-state index in [2.05, 4.69) is 11.3 Å². The van der Waals surface area contributed by atoms with Crippen LogP contribution >= 0.6 is 0 Å². The van der Waals surface area contributed by atoms with Gasteiger partial charge >= 0.3 is 12.4 Å². The van der Waals surface area contributed by atoms with Crippen LogP contribution in [0.4, 0.5) is 26.3 Å². The van der Waals surface area contributed by atoms with E-state index in [-0.39, 0.29) is 26.1 Å². The van der Waals surface area contributed by atoms with E-state index in [9.17, 15) is 26.3 Å². The molecule has 0 aromatic carbocycles. The van der Waals surface area contributed by atoms with E-state index < -0.39 is 24.5 Å². The summed E-state index contributed by atoms with van der Waals surface area (Å²) in [5.74, 6) is 0. The van der Waals surface area contributed by atoms with Crippen molar-refractivity contribution in [3.8, 4) is 0 Å². The van der Waals surface area contributed by atoms with Crippen LogP contribution in [0, 0.1) is 0 Å². The van der Waals surface area contributed by atoms with Gasteiger partial charge in [0.25, 0.3) is 5.60 Å². The highest BCUT2D eigenvalue weighted by Gasteiger charge is 2.70. The molecule has 0 aromatic rings. The summed E-state index contributed by atoms with van der Waals surface area (Å²) in [4.78, 5) is 0.839. The Morgan fingerprint density at radius 3 is 1.95 bits per heavy atom. The van der Waals surface area contributed by atoms with Crippen molar-refractivity contribution in [1.29, 1.82) is 0 Å². The average Bonchev–Trinajstić information content (AvgIpc) is 2.29. The number of hydrogen-bond acceptors (Lipinski definition) is 3. The van der Waals surface area contributed by atoms with Gasteiger partial charge in [-0.1, -0.05) is 6.08 Å². The van der Waals surface area contributed by atoms with Crippen molar-refractivity contribution in [3.63, 3.8) is 0 Å². The second kappa shape index (κ2) is 7.28. The van der Waals surface area contributed by atoms with Crippen molar-refractivity contribution in [3.05, 3.63) is 12.7 Å². The fourth-order valence-corrected chi connectivity index (χ4v) is 1.43. The molecule has 0 spiro atoms. The molecule has 9 heteroatoms. The van der Waals surface area contributed by atoms with Gasteiger partial charge in [0.15, 0.2) is 0 Å². The summed E-state index contributed by atoms with van der Waals surface area (Å²) in [5.41, 5.74) is -4.77. The van der Waals surface area contributed by atoms with Crippen molar-refractivity contribution < 1.29 is 36.2 Å². The predicted molar refractivity (Wildman–Crippen MR) is 60.2 cm³/mol. The molecule has 0 bridgehead atoms. The zero-order valence-corrected chi connectivity index (χ0v) is 10.9. The van der Waals surface area contributed by atoms with E-state index in [0.29, 0.717) is 0 Å². The number of ether oxygens (including phenoxy) is 1. The van der Waals surface area contributed by atoms with Gasteiger partial charge < -0.3 is 9.84 Å². The van der Waals surface area contributed by atoms with Crippen LogP contribution in [0.1, 0.15) is 6.42 Å². The van der Waals surface area contributed by atoms with Gasteiger partial charge in [0, 0.05) is 26.7 Å². The molecule has 20 heavy (non-hydrogen) atoms. The van der Waals surface area contributed by atoms with Crippen molar-refractivity contribution >= 4 is 0 Å². The number of hydrogen-bond donors (Lipinski definition) is 1. The first-order valence-corrected chi connectivity index (χ1v) is 5.67. The minimum Gasteiger partial charge on any atom is -0.383 e. The molecule has 0 atom stereocenters. The Morgan fingerprint density at radius 1 is 1.10 bits per heavy atom. The molecule has 0 amide bonds. The Labute approximate surface area is 112 Å². The third-order valence-corrected chi connectivity index (χ3v) is 2.65. The molecule has 0 aliphatic rings. The third-order valence-electron chi connectivity index (χ3n) is 2.65. The number of rotatable bonds is 8. The molecule has 3 nitrogen and oxygen atoms in total. The third kappa shape index (κ3) is 4.95. The maximum Gasteiger partial charge on any atom is 0.427 e. The van der Waals surface area contributed by atoms with Gasteiger partial charge in [-0.3, -0.25) is 4.90 Å². The van der Waals surface area contributed by atoms with E-state index >= 15 is 0 Å². The minimum atomic E-state index is -5.81. The summed E-state index contributed by atoms with van der Waals surface area (Å²) >= 11 is 0. The molecular weight excluding hydrogens is 292 g/mol. The van der Waals surface area contributed by atoms with Gasteiger partial charge in [0.2, 0.25) is 0 Å². The lowest BCUT2D eigenvalue weighted by Gasteiger charge is -2.36. The molecule has 0 aliphatic heterocycles. The molecule has 0 unspecified atom stereocenters. The Hall–Kier alpha value is -0.800. The van der Waals surface area contributed by atoms with Gasteiger partial charge in [-0.15, -0.1) is 6.58 Å². The van der Waals surface area contributed by atoms with Gasteiger partial charge in [-0.05, 0) is 6.42 Å². The molecule has 0 aromatic heterocycles. The minimum absolute atomic E-state index is 0.0526. The first-order valence-electron chi connectivity index (χ1n) is 5.67. The van der Waals surface area contributed by atoms with Gasteiger partial charge in [0.1, 0.15) is 0 Å². The largest absolute Gasteiger partial charge is 0.427 e. The van der Waals surface area contributed by atoms with Crippen LogP contribution in [0.2, 0.25) is 0 Å². The van der Waals surface area contributed by atoms with Crippen LogP contribution in [-0.4, -0.2) is 61.3 Å². The van der Waals surface area contributed by atoms with E-state index in [1.54, 1.807) is 0 Å². The number of halogens is 6. The van der Waals surface area contributed by atoms with E-state index in [1.807, 2.05) is 0 Å². The molecule has 0 heterocycles. The first kappa shape index (κ1) is 19.2. The number of nitrogens with zero attached hydrogens (tertiary/aromatic N) is 1. The Bertz CT molecular complexity index is 288. The fraction of sp³-hybridized carbons (Fsp3) is 0.818. The smallest absolute Gasteiger partial charge is 0.383 e. The Balaban J connectivity index is 5.12. The fourth-order valence-electron chi connectivity index (χ4n) is 1.43. The molecule has 1 N–H and O–H groups in total. The Morgan fingerprint density at radius 2 is 1.60 bits per heavy atom. The van der Waals surface area contributed by atoms with Crippen LogP contribution in [0.5, 0.6) is 0 Å². The van der Waals surface area contributed by atoms with Crippen molar-refractivity contribution in [2.45, 2.75) is 24.4 Å². The summed E-state index contributed by atoms with van der Waals surface area (Å²) in [6, 6.07) is 0. The lowest BCUT2D eigenvalue weighted by molar-refractivity contribution is -0.370. The average molecular weight is 309 g/mol. The summed E-state index contributed by atoms with van der Waals surface area (Å²) in [7, 11) is 1.27. The quantitative estimate of drug-likeness (QED) is 0.552. The van der Waals surface area contributed by atoms with Crippen LogP contribution in [-0.2, 0) is 4.74 Å². The maximum atomic E-state index is 12.6. The molecule has 0 saturated heterocycles. The summed E-state index contributed by atoms with van der Waals surface area (Å²) in [6.07, 6.45) is -10.1. The monoisotopic (exact) mass is 309 g/mol. The van der Waals surface area contributed by atoms with E-state index in [0.717, 1.165) is 4.90 Å². The van der Waals surface area contributed by atoms with E-state index in [4.69, 9.17) is 5.11 Å². The normalized spacial score (nSPS) is 13.8. The number of aliphatic hydroxyl groups is 1. The topological polar surface area (TPSA) is 32.7 Å². The standard InChI is InChI=1S/C11H17F6NO2/c1-3-4-5-18(6-7-20-2)8-9(19,10(12,13)14)11(15,16)17/h3,19H,1,4-8H2,2H3. The summed E-state index contributed by atoms with van der Waals surface area (Å²) in [5, 5.41) is 9.10. The van der Waals surface area contributed by atoms with Gasteiger partial charge in [-0.2, -0.15) is 26.3 Å². The molecular formula is C11H17F6NO2. The van der Waals surface area contributed by atoms with Crippen LogP contribution in [0.3, 0.4) is 0 Å². The highest BCUT2D eigenvalue weighted by molar-refractivity contribution is 4.96. The lowest BCUT2D eigenvalue weighted by Crippen LogP contribution is -2.63. The second-order valence-electron chi connectivity index (χ2n) is 4.20. The lowest BCUT2D eigenvalue weighted by atomic mass is 10.0. The van der Waals surface area contributed by atoms with Gasteiger partial charge in [-0.25, -0.2) is 0 Å². The zero-order valence-electron chi connectivity index (χ0n) is 10.9. The first-order chi connectivity index (χ1) is 8.99. The second-order valence-corrected chi connectivity index (χ2v) is 4.20. The highest BCUT2D eigenvalue weighted by Crippen LogP contribution is 2.43.